The van der Waals surface area contributed by atoms with Crippen LogP contribution in [0.15, 0.2) is 24.3 Å². The van der Waals surface area contributed by atoms with Gasteiger partial charge < -0.3 is 10.1 Å². The lowest BCUT2D eigenvalue weighted by molar-refractivity contribution is -0.142. The van der Waals surface area contributed by atoms with Crippen LogP contribution in [-0.2, 0) is 9.53 Å². The number of hydrogen-bond donors (Lipinski definition) is 1. The van der Waals surface area contributed by atoms with Crippen molar-refractivity contribution in [1.82, 2.24) is 0 Å². The van der Waals surface area contributed by atoms with E-state index < -0.39 is 0 Å². The summed E-state index contributed by atoms with van der Waals surface area (Å²) >= 11 is 0. The molecule has 0 radical (unpaired) electrons. The summed E-state index contributed by atoms with van der Waals surface area (Å²) in [5, 5.41) is 3.36. The van der Waals surface area contributed by atoms with E-state index in [1.807, 2.05) is 24.3 Å². The highest BCUT2D eigenvalue weighted by atomic mass is 16.5. The molecule has 1 aromatic carbocycles. The van der Waals surface area contributed by atoms with Gasteiger partial charge in [-0.3, -0.25) is 4.79 Å². The van der Waals surface area contributed by atoms with Crippen molar-refractivity contribution in [1.29, 1.82) is 0 Å². The molecule has 1 N–H and O–H groups in total. The monoisotopic (exact) mass is 205 g/mol. The average molecular weight is 205 g/mol. The molecular formula is C12H15NO2. The zero-order valence-corrected chi connectivity index (χ0v) is 8.99. The van der Waals surface area contributed by atoms with Crippen LogP contribution in [0.25, 0.3) is 0 Å². The van der Waals surface area contributed by atoms with Gasteiger partial charge in [-0.25, -0.2) is 0 Å². The van der Waals surface area contributed by atoms with Gasteiger partial charge >= 0.3 is 5.97 Å². The number of nitrogens with one attached hydrogen (secondary N) is 1. The molecule has 0 unspecified atom stereocenters. The molecule has 0 fully saturated rings. The first-order valence-corrected chi connectivity index (χ1v) is 5.15. The smallest absolute Gasteiger partial charge is 0.313 e. The van der Waals surface area contributed by atoms with Crippen molar-refractivity contribution in [2.24, 2.45) is 0 Å². The first-order valence-electron chi connectivity index (χ1n) is 5.15. The third kappa shape index (κ3) is 1.82. The van der Waals surface area contributed by atoms with Gasteiger partial charge in [0.2, 0.25) is 0 Å². The first kappa shape index (κ1) is 10.0. The number of fused-ring (bicyclic) bond motifs is 1. The number of carbonyl (C=O) groups excluding carboxylic acids is 1. The number of rotatable bonds is 1. The van der Waals surface area contributed by atoms with Crippen LogP contribution < -0.4 is 5.32 Å². The van der Waals surface area contributed by atoms with Crippen LogP contribution in [0.2, 0.25) is 0 Å². The molecule has 0 aliphatic carbocycles. The summed E-state index contributed by atoms with van der Waals surface area (Å²) in [4.78, 5) is 11.6. The van der Waals surface area contributed by atoms with Gasteiger partial charge in [0, 0.05) is 11.7 Å². The SMILES string of the molecule is COC(=O)[C@H]1C[C@@H](C)Nc2ccccc21. The topological polar surface area (TPSA) is 38.3 Å². The fourth-order valence-corrected chi connectivity index (χ4v) is 2.10. The van der Waals surface area contributed by atoms with Crippen LogP contribution in [0.5, 0.6) is 0 Å². The van der Waals surface area contributed by atoms with E-state index in [-0.39, 0.29) is 11.9 Å². The first-order chi connectivity index (χ1) is 7.22. The van der Waals surface area contributed by atoms with Gasteiger partial charge in [0.05, 0.1) is 13.0 Å². The van der Waals surface area contributed by atoms with E-state index in [0.29, 0.717) is 6.04 Å². The van der Waals surface area contributed by atoms with Gasteiger partial charge in [-0.05, 0) is 25.0 Å². The number of methoxy groups -OCH3 is 1. The maximum absolute atomic E-state index is 11.6. The summed E-state index contributed by atoms with van der Waals surface area (Å²) in [6.07, 6.45) is 0.795. The van der Waals surface area contributed by atoms with Gasteiger partial charge in [0.25, 0.3) is 0 Å². The largest absolute Gasteiger partial charge is 0.469 e. The Bertz CT molecular complexity index is 376. The van der Waals surface area contributed by atoms with E-state index >= 15 is 0 Å². The van der Waals surface area contributed by atoms with Crippen molar-refractivity contribution < 1.29 is 9.53 Å². The Hall–Kier alpha value is -1.51. The highest BCUT2D eigenvalue weighted by Gasteiger charge is 2.29. The molecule has 3 nitrogen and oxygen atoms in total. The molecule has 0 amide bonds. The Morgan fingerprint density at radius 2 is 2.20 bits per heavy atom. The zero-order valence-electron chi connectivity index (χ0n) is 8.99. The Morgan fingerprint density at radius 1 is 1.47 bits per heavy atom. The lowest BCUT2D eigenvalue weighted by Gasteiger charge is -2.29. The Kier molecular flexibility index (Phi) is 2.62. The molecule has 15 heavy (non-hydrogen) atoms. The van der Waals surface area contributed by atoms with Crippen molar-refractivity contribution in [3.8, 4) is 0 Å². The standard InChI is InChI=1S/C12H15NO2/c1-8-7-10(12(14)15-2)9-5-3-4-6-11(9)13-8/h3-6,8,10,13H,7H2,1-2H3/t8-,10+/m1/s1. The van der Waals surface area contributed by atoms with Crippen molar-refractivity contribution in [2.75, 3.05) is 12.4 Å². The predicted octanol–water partition coefficient (Wildman–Crippen LogP) is 2.15. The van der Waals surface area contributed by atoms with E-state index in [1.165, 1.54) is 7.11 Å². The number of ether oxygens (including phenoxy) is 1. The Morgan fingerprint density at radius 3 is 2.93 bits per heavy atom. The van der Waals surface area contributed by atoms with Crippen molar-refractivity contribution in [2.45, 2.75) is 25.3 Å². The van der Waals surface area contributed by atoms with Crippen molar-refractivity contribution in [3.05, 3.63) is 29.8 Å². The summed E-state index contributed by atoms with van der Waals surface area (Å²) in [6.45, 7) is 2.08. The van der Waals surface area contributed by atoms with Crippen LogP contribution in [0.3, 0.4) is 0 Å². The number of carbonyl (C=O) groups is 1. The fraction of sp³-hybridized carbons (Fsp3) is 0.417. The molecule has 0 saturated heterocycles. The normalized spacial score (nSPS) is 23.9. The van der Waals surface area contributed by atoms with E-state index in [0.717, 1.165) is 17.7 Å². The second-order valence-electron chi connectivity index (χ2n) is 3.94. The van der Waals surface area contributed by atoms with E-state index in [9.17, 15) is 4.79 Å². The maximum atomic E-state index is 11.6. The van der Waals surface area contributed by atoms with Crippen LogP contribution in [0, 0.1) is 0 Å². The van der Waals surface area contributed by atoms with Crippen molar-refractivity contribution >= 4 is 11.7 Å². The number of anilines is 1. The van der Waals surface area contributed by atoms with Crippen molar-refractivity contribution in [3.63, 3.8) is 0 Å². The highest BCUT2D eigenvalue weighted by Crippen LogP contribution is 2.34. The fourth-order valence-electron chi connectivity index (χ4n) is 2.10. The minimum atomic E-state index is -0.143. The number of benzene rings is 1. The third-order valence-corrected chi connectivity index (χ3v) is 2.81. The summed E-state index contributed by atoms with van der Waals surface area (Å²) < 4.78 is 4.83. The molecule has 0 aromatic heterocycles. The van der Waals surface area contributed by atoms with Crippen LogP contribution >= 0.6 is 0 Å². The molecule has 1 aromatic rings. The third-order valence-electron chi connectivity index (χ3n) is 2.81. The Labute approximate surface area is 89.4 Å². The van der Waals surface area contributed by atoms with E-state index in [4.69, 9.17) is 4.74 Å². The van der Waals surface area contributed by atoms with E-state index in [1.54, 1.807) is 0 Å². The Balaban J connectivity index is 2.38. The van der Waals surface area contributed by atoms with Crippen LogP contribution in [0.1, 0.15) is 24.8 Å². The molecule has 2 atom stereocenters. The molecule has 1 aliphatic heterocycles. The molecular weight excluding hydrogens is 190 g/mol. The van der Waals surface area contributed by atoms with E-state index in [2.05, 4.69) is 12.2 Å². The lowest BCUT2D eigenvalue weighted by Crippen LogP contribution is -2.29. The second-order valence-corrected chi connectivity index (χ2v) is 3.94. The zero-order chi connectivity index (χ0) is 10.8. The summed E-state index contributed by atoms with van der Waals surface area (Å²) in [5.41, 5.74) is 2.09. The lowest BCUT2D eigenvalue weighted by atomic mass is 9.87. The summed E-state index contributed by atoms with van der Waals surface area (Å²) in [6, 6.07) is 8.21. The molecule has 80 valence electrons. The van der Waals surface area contributed by atoms with Gasteiger partial charge in [0.15, 0.2) is 0 Å². The number of para-hydroxylation sites is 1. The van der Waals surface area contributed by atoms with Gasteiger partial charge in [-0.2, -0.15) is 0 Å². The van der Waals surface area contributed by atoms with Crippen LogP contribution in [0.4, 0.5) is 5.69 Å². The molecule has 0 spiro atoms. The second kappa shape index (κ2) is 3.93. The van der Waals surface area contributed by atoms with Gasteiger partial charge in [-0.1, -0.05) is 18.2 Å². The highest BCUT2D eigenvalue weighted by molar-refractivity contribution is 5.81. The molecule has 3 heteroatoms. The minimum Gasteiger partial charge on any atom is -0.469 e. The molecule has 0 saturated carbocycles. The molecule has 1 heterocycles. The minimum absolute atomic E-state index is 0.123. The van der Waals surface area contributed by atoms with Crippen LogP contribution in [-0.4, -0.2) is 19.1 Å². The molecule has 2 rings (SSSR count). The van der Waals surface area contributed by atoms with Gasteiger partial charge in [-0.15, -0.1) is 0 Å². The summed E-state index contributed by atoms with van der Waals surface area (Å²) in [5.74, 6) is -0.266. The number of hydrogen-bond acceptors (Lipinski definition) is 3. The predicted molar refractivity (Wildman–Crippen MR) is 58.9 cm³/mol. The maximum Gasteiger partial charge on any atom is 0.313 e. The summed E-state index contributed by atoms with van der Waals surface area (Å²) in [7, 11) is 1.44. The molecule has 0 bridgehead atoms. The molecule has 1 aliphatic rings. The number of esters is 1. The average Bonchev–Trinajstić information content (AvgIpc) is 2.26. The van der Waals surface area contributed by atoms with Gasteiger partial charge in [0.1, 0.15) is 0 Å². The quantitative estimate of drug-likeness (QED) is 0.714.